The Bertz CT molecular complexity index is 522. The predicted molar refractivity (Wildman–Crippen MR) is 66.6 cm³/mol. The summed E-state index contributed by atoms with van der Waals surface area (Å²) in [6.07, 6.45) is 1.63. The fourth-order valence-electron chi connectivity index (χ4n) is 1.65. The number of rotatable bonds is 3. The van der Waals surface area contributed by atoms with Crippen molar-refractivity contribution in [3.05, 3.63) is 47.7 Å². The van der Waals surface area contributed by atoms with Crippen molar-refractivity contribution in [1.29, 1.82) is 0 Å². The molecule has 0 aliphatic carbocycles. The molecule has 0 spiro atoms. The van der Waals surface area contributed by atoms with Gasteiger partial charge >= 0.3 is 0 Å². The Hall–Kier alpha value is -1.26. The molecule has 0 aliphatic heterocycles. The zero-order valence-electron chi connectivity index (χ0n) is 9.74. The minimum atomic E-state index is -0.328. The van der Waals surface area contributed by atoms with E-state index in [9.17, 15) is 4.39 Å². The lowest BCUT2D eigenvalue weighted by atomic mass is 10.1. The highest BCUT2D eigenvalue weighted by Gasteiger charge is 2.14. The van der Waals surface area contributed by atoms with Gasteiger partial charge in [0.15, 0.2) is 0 Å². The van der Waals surface area contributed by atoms with Gasteiger partial charge in [0.05, 0.1) is 11.2 Å². The Morgan fingerprint density at radius 2 is 2.06 bits per heavy atom. The van der Waals surface area contributed by atoms with E-state index in [2.05, 4.69) is 0 Å². The van der Waals surface area contributed by atoms with Crippen LogP contribution in [0.3, 0.4) is 0 Å². The van der Waals surface area contributed by atoms with Crippen LogP contribution in [0.2, 0.25) is 0 Å². The Morgan fingerprint density at radius 1 is 1.29 bits per heavy atom. The van der Waals surface area contributed by atoms with Gasteiger partial charge in [-0.15, -0.1) is 0 Å². The average Bonchev–Trinajstić information content (AvgIpc) is 2.64. The van der Waals surface area contributed by atoms with E-state index < -0.39 is 0 Å². The molecule has 0 amide bonds. The number of benzene rings is 1. The van der Waals surface area contributed by atoms with Crippen LogP contribution in [0.4, 0.5) is 4.39 Å². The van der Waals surface area contributed by atoms with Gasteiger partial charge < -0.3 is 10.2 Å². The molecule has 2 aromatic rings. The van der Waals surface area contributed by atoms with E-state index >= 15 is 0 Å². The van der Waals surface area contributed by atoms with Crippen LogP contribution in [-0.4, -0.2) is 0 Å². The summed E-state index contributed by atoms with van der Waals surface area (Å²) in [4.78, 5) is 1.82. The Labute approximate surface area is 104 Å². The molecule has 0 saturated carbocycles. The third-order valence-electron chi connectivity index (χ3n) is 2.50. The number of hydrogen-bond acceptors (Lipinski definition) is 3. The zero-order chi connectivity index (χ0) is 12.4. The van der Waals surface area contributed by atoms with Crippen LogP contribution in [-0.2, 0) is 0 Å². The molecule has 0 unspecified atom stereocenters. The number of furan rings is 1. The van der Waals surface area contributed by atoms with Crippen molar-refractivity contribution in [2.45, 2.75) is 29.7 Å². The second-order valence-electron chi connectivity index (χ2n) is 3.88. The first-order valence-corrected chi connectivity index (χ1v) is 6.17. The van der Waals surface area contributed by atoms with Crippen LogP contribution < -0.4 is 5.73 Å². The van der Waals surface area contributed by atoms with Gasteiger partial charge in [-0.2, -0.15) is 0 Å². The van der Waals surface area contributed by atoms with Gasteiger partial charge in [0.1, 0.15) is 11.6 Å². The number of nitrogens with two attached hydrogens (primary N) is 1. The van der Waals surface area contributed by atoms with Crippen LogP contribution in [0.1, 0.15) is 24.3 Å². The van der Waals surface area contributed by atoms with Gasteiger partial charge in [0, 0.05) is 16.5 Å². The molecular weight excluding hydrogens is 237 g/mol. The highest BCUT2D eigenvalue weighted by atomic mass is 32.2. The van der Waals surface area contributed by atoms with E-state index in [1.807, 2.05) is 19.1 Å². The lowest BCUT2D eigenvalue weighted by Gasteiger charge is -2.12. The summed E-state index contributed by atoms with van der Waals surface area (Å²) < 4.78 is 18.9. The van der Waals surface area contributed by atoms with Crippen molar-refractivity contribution in [1.82, 2.24) is 0 Å². The van der Waals surface area contributed by atoms with Gasteiger partial charge in [0.25, 0.3) is 0 Å². The highest BCUT2D eigenvalue weighted by molar-refractivity contribution is 7.99. The third kappa shape index (κ3) is 2.53. The summed E-state index contributed by atoms with van der Waals surface area (Å²) >= 11 is 1.48. The van der Waals surface area contributed by atoms with Crippen molar-refractivity contribution < 1.29 is 8.81 Å². The number of hydrogen-bond donors (Lipinski definition) is 1. The van der Waals surface area contributed by atoms with Gasteiger partial charge in [-0.1, -0.05) is 17.8 Å². The maximum atomic E-state index is 13.7. The molecule has 1 aromatic heterocycles. The topological polar surface area (TPSA) is 39.2 Å². The number of halogens is 1. The summed E-state index contributed by atoms with van der Waals surface area (Å²) in [5.41, 5.74) is 6.36. The largest absolute Gasteiger partial charge is 0.468 e. The fourth-order valence-corrected chi connectivity index (χ4v) is 2.74. The molecule has 0 aliphatic rings. The lowest BCUT2D eigenvalue weighted by Crippen LogP contribution is -2.08. The summed E-state index contributed by atoms with van der Waals surface area (Å²) in [6, 6.07) is 6.55. The molecule has 4 heteroatoms. The van der Waals surface area contributed by atoms with E-state index in [-0.39, 0.29) is 11.9 Å². The first kappa shape index (κ1) is 12.2. The molecule has 0 fully saturated rings. The molecule has 2 nitrogen and oxygen atoms in total. The summed E-state index contributed by atoms with van der Waals surface area (Å²) in [5, 5.41) is 0. The molecule has 2 N–H and O–H groups in total. The third-order valence-corrected chi connectivity index (χ3v) is 3.72. The van der Waals surface area contributed by atoms with E-state index in [0.717, 1.165) is 15.6 Å². The standard InChI is InChI=1S/C13H14FNOS/c1-8(15)13-10(14)4-3-5-12(13)17-11-6-7-16-9(11)2/h3-8H,15H2,1-2H3/t8-/m0/s1. The van der Waals surface area contributed by atoms with Crippen molar-refractivity contribution >= 4 is 11.8 Å². The molecule has 0 radical (unpaired) electrons. The minimum Gasteiger partial charge on any atom is -0.468 e. The molecule has 1 atom stereocenters. The van der Waals surface area contributed by atoms with Crippen LogP contribution in [0.5, 0.6) is 0 Å². The fraction of sp³-hybridized carbons (Fsp3) is 0.231. The molecule has 1 heterocycles. The molecule has 0 bridgehead atoms. The van der Waals surface area contributed by atoms with Crippen molar-refractivity contribution in [3.8, 4) is 0 Å². The average molecular weight is 251 g/mol. The molecule has 0 saturated heterocycles. The second-order valence-corrected chi connectivity index (χ2v) is 4.97. The Balaban J connectivity index is 2.39. The van der Waals surface area contributed by atoms with Crippen LogP contribution in [0.25, 0.3) is 0 Å². The first-order chi connectivity index (χ1) is 8.09. The van der Waals surface area contributed by atoms with Gasteiger partial charge in [-0.3, -0.25) is 0 Å². The molecule has 17 heavy (non-hydrogen) atoms. The minimum absolute atomic E-state index is 0.258. The molecule has 1 aromatic carbocycles. The normalized spacial score (nSPS) is 12.7. The smallest absolute Gasteiger partial charge is 0.129 e. The van der Waals surface area contributed by atoms with Gasteiger partial charge in [0.2, 0.25) is 0 Å². The van der Waals surface area contributed by atoms with Crippen molar-refractivity contribution in [2.24, 2.45) is 5.73 Å². The maximum absolute atomic E-state index is 13.7. The van der Waals surface area contributed by atoms with Crippen molar-refractivity contribution in [3.63, 3.8) is 0 Å². The van der Waals surface area contributed by atoms with E-state index in [1.165, 1.54) is 17.8 Å². The molecular formula is C13H14FNOS. The van der Waals surface area contributed by atoms with Gasteiger partial charge in [-0.25, -0.2) is 4.39 Å². The monoisotopic (exact) mass is 251 g/mol. The summed E-state index contributed by atoms with van der Waals surface area (Å²) in [7, 11) is 0. The van der Waals surface area contributed by atoms with Crippen LogP contribution in [0, 0.1) is 12.7 Å². The Kier molecular flexibility index (Phi) is 3.54. The summed E-state index contributed by atoms with van der Waals surface area (Å²) in [5.74, 6) is 0.570. The van der Waals surface area contributed by atoms with E-state index in [0.29, 0.717) is 5.56 Å². The van der Waals surface area contributed by atoms with E-state index in [1.54, 1.807) is 19.3 Å². The summed E-state index contributed by atoms with van der Waals surface area (Å²) in [6.45, 7) is 3.66. The van der Waals surface area contributed by atoms with Crippen LogP contribution >= 0.6 is 11.8 Å². The molecule has 90 valence electrons. The highest BCUT2D eigenvalue weighted by Crippen LogP contribution is 2.35. The van der Waals surface area contributed by atoms with Crippen molar-refractivity contribution in [2.75, 3.05) is 0 Å². The second kappa shape index (κ2) is 4.94. The van der Waals surface area contributed by atoms with Crippen LogP contribution in [0.15, 0.2) is 44.7 Å². The SMILES string of the molecule is Cc1occc1Sc1cccc(F)c1[C@H](C)N. The molecule has 2 rings (SSSR count). The lowest BCUT2D eigenvalue weighted by molar-refractivity contribution is 0.527. The van der Waals surface area contributed by atoms with E-state index in [4.69, 9.17) is 10.2 Å². The quantitative estimate of drug-likeness (QED) is 0.899. The predicted octanol–water partition coefficient (Wildman–Crippen LogP) is 3.90. The van der Waals surface area contributed by atoms with Gasteiger partial charge in [-0.05, 0) is 32.0 Å². The maximum Gasteiger partial charge on any atom is 0.129 e. The zero-order valence-corrected chi connectivity index (χ0v) is 10.6. The first-order valence-electron chi connectivity index (χ1n) is 5.35. The Morgan fingerprint density at radius 3 is 2.65 bits per heavy atom. The number of aryl methyl sites for hydroxylation is 1.